The van der Waals surface area contributed by atoms with Gasteiger partial charge < -0.3 is 15.2 Å². The van der Waals surface area contributed by atoms with Crippen LogP contribution < -0.4 is 15.2 Å². The molecule has 21 heavy (non-hydrogen) atoms. The van der Waals surface area contributed by atoms with Gasteiger partial charge in [-0.15, -0.1) is 0 Å². The highest BCUT2D eigenvalue weighted by atomic mass is 32.2. The topological polar surface area (TPSA) is 90.7 Å². The Morgan fingerprint density at radius 1 is 1.33 bits per heavy atom. The van der Waals surface area contributed by atoms with Crippen molar-refractivity contribution in [1.29, 1.82) is 0 Å². The van der Waals surface area contributed by atoms with E-state index in [2.05, 4.69) is 4.72 Å². The first kappa shape index (κ1) is 16.0. The minimum Gasteiger partial charge on any atom is -0.492 e. The lowest BCUT2D eigenvalue weighted by Crippen LogP contribution is -2.33. The molecule has 3 N–H and O–H groups in total. The highest BCUT2D eigenvalue weighted by molar-refractivity contribution is 7.89. The summed E-state index contributed by atoms with van der Waals surface area (Å²) in [7, 11) is -0.960. The average Bonchev–Trinajstić information content (AvgIpc) is 2.85. The Labute approximate surface area is 123 Å². The molecule has 0 heterocycles. The summed E-state index contributed by atoms with van der Waals surface area (Å²) in [6.07, 6.45) is 2.13. The fraction of sp³-hybridized carbons (Fsp3) is 0.538. The fourth-order valence-electron chi connectivity index (χ4n) is 2.51. The van der Waals surface area contributed by atoms with Gasteiger partial charge in [0.1, 0.15) is 0 Å². The van der Waals surface area contributed by atoms with Gasteiger partial charge in [-0.2, -0.15) is 0 Å². The Bertz CT molecular complexity index is 598. The van der Waals surface area contributed by atoms with Gasteiger partial charge in [-0.25, -0.2) is 17.5 Å². The summed E-state index contributed by atoms with van der Waals surface area (Å²) in [5.41, 5.74) is 5.55. The molecule has 0 radical (unpaired) electrons. The molecule has 1 aromatic carbocycles. The summed E-state index contributed by atoms with van der Waals surface area (Å²) in [6, 6.07) is 1.87. The maximum Gasteiger partial charge on any atom is 0.241 e. The molecule has 2 unspecified atom stereocenters. The first-order valence-electron chi connectivity index (χ1n) is 6.55. The third-order valence-electron chi connectivity index (χ3n) is 3.60. The number of sulfonamides is 1. The zero-order chi connectivity index (χ0) is 15.6. The zero-order valence-electron chi connectivity index (χ0n) is 11.9. The van der Waals surface area contributed by atoms with E-state index in [1.165, 1.54) is 13.2 Å². The van der Waals surface area contributed by atoms with Gasteiger partial charge in [-0.3, -0.25) is 0 Å². The molecule has 0 aromatic heterocycles. The molecule has 6 nitrogen and oxygen atoms in total. The third kappa shape index (κ3) is 3.45. The molecule has 1 aromatic rings. The molecule has 1 fully saturated rings. The van der Waals surface area contributed by atoms with Crippen molar-refractivity contribution in [3.05, 3.63) is 17.9 Å². The van der Waals surface area contributed by atoms with Crippen LogP contribution in [0.4, 0.5) is 10.1 Å². The molecule has 0 aliphatic heterocycles. The zero-order valence-corrected chi connectivity index (χ0v) is 12.7. The Morgan fingerprint density at radius 2 is 2.05 bits per heavy atom. The van der Waals surface area contributed by atoms with E-state index in [4.69, 9.17) is 15.2 Å². The van der Waals surface area contributed by atoms with Gasteiger partial charge in [0.2, 0.25) is 10.0 Å². The summed E-state index contributed by atoms with van der Waals surface area (Å²) in [4.78, 5) is -0.209. The Morgan fingerprint density at radius 3 is 2.57 bits per heavy atom. The quantitative estimate of drug-likeness (QED) is 0.798. The van der Waals surface area contributed by atoms with E-state index >= 15 is 0 Å². The number of hydrogen-bond donors (Lipinski definition) is 2. The highest BCUT2D eigenvalue weighted by Crippen LogP contribution is 2.29. The van der Waals surface area contributed by atoms with Crippen molar-refractivity contribution in [1.82, 2.24) is 4.72 Å². The van der Waals surface area contributed by atoms with Crippen LogP contribution in [0.2, 0.25) is 0 Å². The smallest absolute Gasteiger partial charge is 0.241 e. The van der Waals surface area contributed by atoms with E-state index in [9.17, 15) is 12.8 Å². The largest absolute Gasteiger partial charge is 0.492 e. The molecular formula is C13H19FN2O4S. The average molecular weight is 318 g/mol. The van der Waals surface area contributed by atoms with Crippen molar-refractivity contribution in [2.24, 2.45) is 0 Å². The predicted molar refractivity (Wildman–Crippen MR) is 76.1 cm³/mol. The van der Waals surface area contributed by atoms with Crippen LogP contribution in [0.15, 0.2) is 17.0 Å². The fourth-order valence-corrected chi connectivity index (χ4v) is 3.84. The maximum atomic E-state index is 13.8. The lowest BCUT2D eigenvalue weighted by molar-refractivity contribution is 0.107. The van der Waals surface area contributed by atoms with E-state index < -0.39 is 15.8 Å². The SMILES string of the molecule is COc1c(N)cc(S(=O)(=O)NC2CCC(OC)C2)cc1F. The van der Waals surface area contributed by atoms with E-state index in [1.807, 2.05) is 0 Å². The number of nitrogen functional groups attached to an aromatic ring is 1. The minimum atomic E-state index is -3.83. The monoisotopic (exact) mass is 318 g/mol. The first-order valence-corrected chi connectivity index (χ1v) is 8.04. The number of halogens is 1. The number of hydrogen-bond acceptors (Lipinski definition) is 5. The van der Waals surface area contributed by atoms with Crippen LogP contribution >= 0.6 is 0 Å². The van der Waals surface area contributed by atoms with Crippen LogP contribution in [0.5, 0.6) is 5.75 Å². The van der Waals surface area contributed by atoms with Gasteiger partial charge in [-0.05, 0) is 31.4 Å². The molecule has 2 rings (SSSR count). The number of nitrogens with two attached hydrogens (primary N) is 1. The van der Waals surface area contributed by atoms with Crippen molar-refractivity contribution in [2.45, 2.75) is 36.3 Å². The van der Waals surface area contributed by atoms with Gasteiger partial charge in [0.25, 0.3) is 0 Å². The number of methoxy groups -OCH3 is 2. The molecule has 2 atom stereocenters. The van der Waals surface area contributed by atoms with Crippen molar-refractivity contribution in [3.8, 4) is 5.75 Å². The third-order valence-corrected chi connectivity index (χ3v) is 5.10. The summed E-state index contributed by atoms with van der Waals surface area (Å²) in [6.45, 7) is 0. The molecule has 0 saturated heterocycles. The van der Waals surface area contributed by atoms with Crippen molar-refractivity contribution in [2.75, 3.05) is 20.0 Å². The second-order valence-corrected chi connectivity index (χ2v) is 6.73. The second-order valence-electron chi connectivity index (χ2n) is 5.02. The van der Waals surface area contributed by atoms with Gasteiger partial charge in [0.15, 0.2) is 11.6 Å². The standard InChI is InChI=1S/C13H19FN2O4S/c1-19-9-4-3-8(5-9)16-21(17,18)10-6-11(14)13(20-2)12(15)7-10/h6-9,16H,3-5,15H2,1-2H3. The van der Waals surface area contributed by atoms with Gasteiger partial charge in [0, 0.05) is 13.2 Å². The lowest BCUT2D eigenvalue weighted by Gasteiger charge is -2.15. The molecule has 118 valence electrons. The Hall–Kier alpha value is -1.38. The molecule has 0 amide bonds. The maximum absolute atomic E-state index is 13.8. The molecule has 1 aliphatic carbocycles. The minimum absolute atomic E-state index is 0.0513. The van der Waals surface area contributed by atoms with Crippen LogP contribution in [0.1, 0.15) is 19.3 Å². The molecule has 8 heteroatoms. The van der Waals surface area contributed by atoms with E-state index in [0.29, 0.717) is 12.8 Å². The van der Waals surface area contributed by atoms with Gasteiger partial charge in [-0.1, -0.05) is 0 Å². The highest BCUT2D eigenvalue weighted by Gasteiger charge is 2.29. The van der Waals surface area contributed by atoms with Crippen LogP contribution in [-0.2, 0) is 14.8 Å². The van der Waals surface area contributed by atoms with Crippen molar-refractivity contribution in [3.63, 3.8) is 0 Å². The molecule has 0 bridgehead atoms. The summed E-state index contributed by atoms with van der Waals surface area (Å²) in [5, 5.41) is 0. The lowest BCUT2D eigenvalue weighted by atomic mass is 10.3. The number of anilines is 1. The molecule has 1 aliphatic rings. The van der Waals surface area contributed by atoms with E-state index in [-0.39, 0.29) is 28.5 Å². The number of rotatable bonds is 5. The van der Waals surface area contributed by atoms with Gasteiger partial charge in [0.05, 0.1) is 23.8 Å². The van der Waals surface area contributed by atoms with Crippen LogP contribution in [0.3, 0.4) is 0 Å². The number of ether oxygens (including phenoxy) is 2. The van der Waals surface area contributed by atoms with E-state index in [1.54, 1.807) is 7.11 Å². The van der Waals surface area contributed by atoms with Crippen molar-refractivity contribution < 1.29 is 22.3 Å². The molecule has 1 saturated carbocycles. The molecule has 0 spiro atoms. The van der Waals surface area contributed by atoms with Gasteiger partial charge >= 0.3 is 0 Å². The Kier molecular flexibility index (Phi) is 4.70. The van der Waals surface area contributed by atoms with Crippen LogP contribution in [0.25, 0.3) is 0 Å². The summed E-state index contributed by atoms with van der Waals surface area (Å²) >= 11 is 0. The predicted octanol–water partition coefficient (Wildman–Crippen LogP) is 1.26. The van der Waals surface area contributed by atoms with Crippen molar-refractivity contribution >= 4 is 15.7 Å². The van der Waals surface area contributed by atoms with Crippen LogP contribution in [-0.4, -0.2) is 34.8 Å². The molecular weight excluding hydrogens is 299 g/mol. The summed E-state index contributed by atoms with van der Waals surface area (Å²) < 4.78 is 50.8. The van der Waals surface area contributed by atoms with E-state index in [0.717, 1.165) is 12.5 Å². The normalized spacial score (nSPS) is 22.4. The second kappa shape index (κ2) is 6.17. The number of benzene rings is 1. The van der Waals surface area contributed by atoms with Crippen LogP contribution in [0, 0.1) is 5.82 Å². The Balaban J connectivity index is 2.20. The summed E-state index contributed by atoms with van der Waals surface area (Å²) in [5.74, 6) is -0.965. The first-order chi connectivity index (χ1) is 9.87. The number of nitrogens with one attached hydrogen (secondary N) is 1.